The molecule has 0 saturated carbocycles. The molecule has 1 N–H and O–H groups in total. The van der Waals surface area contributed by atoms with E-state index in [0.29, 0.717) is 58.1 Å². The molecule has 3 fully saturated rings. The van der Waals surface area contributed by atoms with Gasteiger partial charge in [-0.25, -0.2) is 8.42 Å². The molecule has 2 atom stereocenters. The quantitative estimate of drug-likeness (QED) is 0.0401. The van der Waals surface area contributed by atoms with E-state index >= 15 is 0 Å². The number of aromatic nitrogens is 1. The van der Waals surface area contributed by atoms with Crippen molar-refractivity contribution >= 4 is 74.5 Å². The molecule has 4 heterocycles. The molecule has 9 rings (SSSR count). The molecule has 0 spiro atoms. The number of morpholine rings is 1. The number of rotatable bonds is 17. The molecule has 0 unspecified atom stereocenters. The number of ether oxygens (including phenoxy) is 1. The van der Waals surface area contributed by atoms with Crippen LogP contribution in [-0.4, -0.2) is 113 Å². The van der Waals surface area contributed by atoms with Crippen molar-refractivity contribution < 1.29 is 27.2 Å². The van der Waals surface area contributed by atoms with Crippen LogP contribution < -0.4 is 25.1 Å². The summed E-state index contributed by atoms with van der Waals surface area (Å²) in [6.45, 7) is 13.5. The van der Waals surface area contributed by atoms with Gasteiger partial charge in [-0.15, -0.1) is 11.8 Å². The predicted octanol–water partition coefficient (Wildman–Crippen LogP) is 10.7. The van der Waals surface area contributed by atoms with Crippen LogP contribution in [0.25, 0.3) is 22.4 Å². The van der Waals surface area contributed by atoms with Gasteiger partial charge in [0.1, 0.15) is 5.69 Å². The summed E-state index contributed by atoms with van der Waals surface area (Å²) in [5.41, 5.74) is 6.94. The molecule has 3 aliphatic rings. The third-order valence-electron chi connectivity index (χ3n) is 13.5. The second-order valence-corrected chi connectivity index (χ2v) is 24.3. The molecule has 18 heteroatoms. The highest BCUT2D eigenvalue weighted by Gasteiger charge is 2.41. The Labute approximate surface area is 426 Å². The summed E-state index contributed by atoms with van der Waals surface area (Å²) in [5, 5.41) is 17.1. The summed E-state index contributed by atoms with van der Waals surface area (Å²) in [6.07, 6.45) is 2.06. The topological polar surface area (TPSA) is 143 Å². The number of nitrogens with zero attached hydrogens (tertiary/aromatic N) is 6. The molecule has 0 aliphatic carbocycles. The molecule has 0 radical (unpaired) electrons. The lowest BCUT2D eigenvalue weighted by atomic mass is 10.00. The summed E-state index contributed by atoms with van der Waals surface area (Å²) in [4.78, 5) is 20.7. The van der Waals surface area contributed by atoms with Crippen LogP contribution in [0.5, 0.6) is 0 Å². The van der Waals surface area contributed by atoms with E-state index in [1.807, 2.05) is 85.8 Å². The number of nitro benzene ring substituents is 1. The molecule has 1 aromatic heterocycles. The summed E-state index contributed by atoms with van der Waals surface area (Å²) in [5.74, 6) is 0.707. The minimum Gasteiger partial charge on any atom is -0.379 e. The van der Waals surface area contributed by atoms with Crippen LogP contribution in [0.2, 0.25) is 5.02 Å². The molecular weight excluding hydrogens is 977 g/mol. The van der Waals surface area contributed by atoms with Crippen molar-refractivity contribution in [3.05, 3.63) is 142 Å². The molecule has 3 aliphatic heterocycles. The van der Waals surface area contributed by atoms with Gasteiger partial charge in [-0.3, -0.25) is 24.2 Å². The van der Waals surface area contributed by atoms with Crippen LogP contribution >= 0.6 is 30.9 Å². The summed E-state index contributed by atoms with van der Waals surface area (Å²) in [7, 11) is -7.32. The van der Waals surface area contributed by atoms with Gasteiger partial charge < -0.3 is 28.9 Å². The number of piperazine rings is 1. The molecule has 374 valence electrons. The van der Waals surface area contributed by atoms with Crippen molar-refractivity contribution in [1.82, 2.24) is 9.47 Å². The molecular formula is C53H61ClN7O7PS2. The van der Waals surface area contributed by atoms with Crippen LogP contribution in [0.1, 0.15) is 32.0 Å². The lowest BCUT2D eigenvalue weighted by Gasteiger charge is -2.37. The van der Waals surface area contributed by atoms with Crippen LogP contribution in [0, 0.1) is 17.0 Å². The number of nitrogens with one attached hydrogen (secondary N) is 1. The lowest BCUT2D eigenvalue weighted by molar-refractivity contribution is -0.383. The summed E-state index contributed by atoms with van der Waals surface area (Å²) >= 11 is 8.01. The Hall–Kier alpha value is -5.32. The van der Waals surface area contributed by atoms with Crippen LogP contribution in [0.4, 0.5) is 28.4 Å². The van der Waals surface area contributed by atoms with Gasteiger partial charge in [0, 0.05) is 114 Å². The molecule has 14 nitrogen and oxygen atoms in total. The zero-order chi connectivity index (χ0) is 49.9. The lowest BCUT2D eigenvalue weighted by Crippen LogP contribution is -2.46. The Kier molecular flexibility index (Phi) is 15.5. The third-order valence-corrected chi connectivity index (χ3v) is 18.7. The number of thioether (sulfide) groups is 1. The van der Waals surface area contributed by atoms with E-state index in [1.54, 1.807) is 28.6 Å². The first-order valence-corrected chi connectivity index (χ1v) is 29.0. The van der Waals surface area contributed by atoms with E-state index in [-0.39, 0.29) is 29.7 Å². The SMILES string of the molecule is Cc1c(S(C)(=O)=O)c(-c2cccc(N3CCN(c4ccc(N5CCO[P@@]5(=O)c5ccc(N[C@H](CCN6CCOCC6)CSc6ccccc6)c([N+](=O)[O-])c5)cc4)CC3)c2)c(-c2ccc(Cl)cc2)n1C(C)C. The monoisotopic (exact) mass is 1040 g/mol. The molecule has 0 amide bonds. The minimum absolute atomic E-state index is 0.00252. The Morgan fingerprint density at radius 3 is 2.13 bits per heavy atom. The first-order valence-electron chi connectivity index (χ1n) is 24.1. The van der Waals surface area contributed by atoms with E-state index in [2.05, 4.69) is 62.7 Å². The Morgan fingerprint density at radius 1 is 0.789 bits per heavy atom. The van der Waals surface area contributed by atoms with E-state index in [9.17, 15) is 23.1 Å². The molecule has 6 aromatic rings. The molecule has 71 heavy (non-hydrogen) atoms. The van der Waals surface area contributed by atoms with Crippen LogP contribution in [-0.2, 0) is 23.7 Å². The molecule has 5 aromatic carbocycles. The largest absolute Gasteiger partial charge is 0.379 e. The maximum atomic E-state index is 14.9. The highest BCUT2D eigenvalue weighted by molar-refractivity contribution is 7.99. The average Bonchev–Trinajstić information content (AvgIpc) is 3.94. The highest BCUT2D eigenvalue weighted by Crippen LogP contribution is 2.56. The molecule has 0 bridgehead atoms. The second-order valence-electron chi connectivity index (χ2n) is 18.6. The van der Waals surface area contributed by atoms with Gasteiger partial charge in [0.15, 0.2) is 9.84 Å². The molecule has 3 saturated heterocycles. The Morgan fingerprint density at radius 2 is 1.46 bits per heavy atom. The van der Waals surface area contributed by atoms with Crippen molar-refractivity contribution in [2.45, 2.75) is 49.1 Å². The summed E-state index contributed by atoms with van der Waals surface area (Å²) < 4.78 is 57.4. The van der Waals surface area contributed by atoms with Crippen molar-refractivity contribution in [2.75, 3.05) is 104 Å². The zero-order valence-electron chi connectivity index (χ0n) is 40.6. The standard InChI is InChI=1S/C53H61ClN7O7PS2/c1-38(2)60-39(3)53(71(4,65)66)51(52(60)40-13-15-42(54)16-14-40)41-9-8-10-46(35-41)58-27-25-57(26-28-58)44-17-19-45(20-18-44)59-31-34-68-69(59,64)47-21-22-49(50(36-47)61(62)63)55-43(23-24-56-29-32-67-33-30-56)37-70-48-11-6-5-7-12-48/h5-22,35-36,38,43,55H,23-34,37H2,1-4H3/t43-,69+/m1/s1. The van der Waals surface area contributed by atoms with Gasteiger partial charge in [-0.05, 0) is 111 Å². The van der Waals surface area contributed by atoms with Gasteiger partial charge >= 0.3 is 7.52 Å². The number of benzene rings is 5. The van der Waals surface area contributed by atoms with E-state index in [4.69, 9.17) is 20.9 Å². The second kappa shape index (κ2) is 21.8. The number of nitro groups is 1. The summed E-state index contributed by atoms with van der Waals surface area (Å²) in [6, 6.07) is 38.5. The highest BCUT2D eigenvalue weighted by atomic mass is 35.5. The van der Waals surface area contributed by atoms with E-state index in [1.165, 1.54) is 12.3 Å². The van der Waals surface area contributed by atoms with E-state index in [0.717, 1.165) is 85.3 Å². The smallest absolute Gasteiger partial charge is 0.326 e. The van der Waals surface area contributed by atoms with Crippen molar-refractivity contribution in [2.24, 2.45) is 0 Å². The number of anilines is 4. The zero-order valence-corrected chi connectivity index (χ0v) is 43.9. The fraction of sp³-hybridized carbons (Fsp3) is 0.358. The van der Waals surface area contributed by atoms with Gasteiger partial charge in [-0.1, -0.05) is 54.1 Å². The number of halogens is 1. The first-order chi connectivity index (χ1) is 34.2. The maximum Gasteiger partial charge on any atom is 0.326 e. The van der Waals surface area contributed by atoms with Crippen LogP contribution in [0.3, 0.4) is 0 Å². The normalized spacial score (nSPS) is 18.3. The average molecular weight is 1040 g/mol. The van der Waals surface area contributed by atoms with Crippen LogP contribution in [0.15, 0.2) is 131 Å². The fourth-order valence-electron chi connectivity index (χ4n) is 10.1. The number of sulfone groups is 1. The minimum atomic E-state index is -3.70. The van der Waals surface area contributed by atoms with Crippen molar-refractivity contribution in [3.8, 4) is 22.4 Å². The maximum absolute atomic E-state index is 14.9. The van der Waals surface area contributed by atoms with Crippen molar-refractivity contribution in [3.63, 3.8) is 0 Å². The Balaban J connectivity index is 0.894. The van der Waals surface area contributed by atoms with Gasteiger partial charge in [0.05, 0.1) is 47.2 Å². The predicted molar refractivity (Wildman–Crippen MR) is 290 cm³/mol. The number of hydrogen-bond acceptors (Lipinski definition) is 12. The van der Waals surface area contributed by atoms with Gasteiger partial charge in [-0.2, -0.15) is 0 Å². The van der Waals surface area contributed by atoms with Gasteiger partial charge in [0.25, 0.3) is 5.69 Å². The van der Waals surface area contributed by atoms with Gasteiger partial charge in [0.2, 0.25) is 0 Å². The van der Waals surface area contributed by atoms with E-state index < -0.39 is 22.3 Å². The third kappa shape index (κ3) is 11.2. The number of hydrogen-bond donors (Lipinski definition) is 1. The first kappa shape index (κ1) is 50.6. The van der Waals surface area contributed by atoms with Crippen molar-refractivity contribution in [1.29, 1.82) is 0 Å². The Bertz CT molecular complexity index is 3000. The fourth-order valence-corrected chi connectivity index (χ4v) is 14.6.